The lowest BCUT2D eigenvalue weighted by molar-refractivity contribution is -0.146. The van der Waals surface area contributed by atoms with Crippen molar-refractivity contribution in [3.63, 3.8) is 0 Å². The predicted molar refractivity (Wildman–Crippen MR) is 106 cm³/mol. The third-order valence-electron chi connectivity index (χ3n) is 4.26. The van der Waals surface area contributed by atoms with Crippen LogP contribution in [0.15, 0.2) is 57.9 Å². The van der Waals surface area contributed by atoms with E-state index in [9.17, 15) is 9.59 Å². The Labute approximate surface area is 162 Å². The Morgan fingerprint density at radius 1 is 1.11 bits per heavy atom. The maximum absolute atomic E-state index is 12.9. The molecule has 0 saturated heterocycles. The molecular weight excluding hydrogens is 360 g/mol. The number of unbranched alkanes of at least 4 members (excludes halogenated alkanes) is 1. The molecule has 0 bridgehead atoms. The van der Waals surface area contributed by atoms with Gasteiger partial charge in [-0.2, -0.15) is 0 Å². The average Bonchev–Trinajstić information content (AvgIpc) is 2.72. The average molecular weight is 382 g/mol. The van der Waals surface area contributed by atoms with Crippen molar-refractivity contribution < 1.29 is 23.4 Å². The summed E-state index contributed by atoms with van der Waals surface area (Å²) in [5.74, 6) is 0.588. The van der Waals surface area contributed by atoms with Crippen LogP contribution in [0, 0.1) is 0 Å². The van der Waals surface area contributed by atoms with Gasteiger partial charge in [0.25, 0.3) is 0 Å². The van der Waals surface area contributed by atoms with Gasteiger partial charge in [0.15, 0.2) is 6.61 Å². The summed E-state index contributed by atoms with van der Waals surface area (Å²) in [7, 11) is 1.55. The molecule has 146 valence electrons. The normalized spacial score (nSPS) is 10.6. The second-order valence-corrected chi connectivity index (χ2v) is 6.20. The first-order chi connectivity index (χ1) is 13.6. The van der Waals surface area contributed by atoms with Gasteiger partial charge in [-0.3, -0.25) is 4.79 Å². The predicted octanol–water partition coefficient (Wildman–Crippen LogP) is 4.19. The molecule has 0 spiro atoms. The highest BCUT2D eigenvalue weighted by atomic mass is 16.6. The van der Waals surface area contributed by atoms with E-state index in [1.165, 1.54) is 6.26 Å². The highest BCUT2D eigenvalue weighted by Crippen LogP contribution is 2.29. The third kappa shape index (κ3) is 4.34. The lowest BCUT2D eigenvalue weighted by atomic mass is 10.0. The standard InChI is InChI=1S/C22H22O6/c1-3-4-11-26-21(23)14-27-15-9-10-17-20(12-15)28-13-18(22(17)24)16-7-5-6-8-19(16)25-2/h5-10,12-13H,3-4,11,14H2,1-2H3. The first-order valence-electron chi connectivity index (χ1n) is 9.11. The minimum absolute atomic E-state index is 0.170. The second kappa shape index (κ2) is 9.08. The van der Waals surface area contributed by atoms with Crippen LogP contribution in [0.2, 0.25) is 0 Å². The van der Waals surface area contributed by atoms with Crippen LogP contribution in [0.5, 0.6) is 11.5 Å². The van der Waals surface area contributed by atoms with Gasteiger partial charge in [-0.25, -0.2) is 4.79 Å². The Bertz CT molecular complexity index is 1020. The fourth-order valence-corrected chi connectivity index (χ4v) is 2.77. The Balaban J connectivity index is 1.81. The van der Waals surface area contributed by atoms with Gasteiger partial charge in [-0.05, 0) is 24.6 Å². The van der Waals surface area contributed by atoms with Gasteiger partial charge >= 0.3 is 5.97 Å². The molecule has 1 aromatic heterocycles. The highest BCUT2D eigenvalue weighted by molar-refractivity contribution is 5.84. The van der Waals surface area contributed by atoms with Gasteiger partial charge in [-0.15, -0.1) is 0 Å². The number of carbonyl (C=O) groups is 1. The molecule has 2 aromatic carbocycles. The summed E-state index contributed by atoms with van der Waals surface area (Å²) in [5, 5.41) is 0.418. The third-order valence-corrected chi connectivity index (χ3v) is 4.26. The van der Waals surface area contributed by atoms with E-state index in [0.29, 0.717) is 40.2 Å². The van der Waals surface area contributed by atoms with Gasteiger partial charge in [0.05, 0.1) is 24.7 Å². The Kier molecular flexibility index (Phi) is 6.32. The maximum Gasteiger partial charge on any atom is 0.344 e. The number of methoxy groups -OCH3 is 1. The zero-order valence-electron chi connectivity index (χ0n) is 15.9. The van der Waals surface area contributed by atoms with Crippen molar-refractivity contribution in [1.82, 2.24) is 0 Å². The molecule has 0 atom stereocenters. The molecule has 0 fully saturated rings. The summed E-state index contributed by atoms with van der Waals surface area (Å²) in [6.07, 6.45) is 3.18. The molecule has 0 radical (unpaired) electrons. The fraction of sp³-hybridized carbons (Fsp3) is 0.273. The van der Waals surface area contributed by atoms with Crippen molar-refractivity contribution in [3.8, 4) is 22.6 Å². The summed E-state index contributed by atoms with van der Waals surface area (Å²) < 4.78 is 21.5. The molecule has 0 saturated carbocycles. The van der Waals surface area contributed by atoms with Gasteiger partial charge in [0, 0.05) is 11.6 Å². The molecule has 3 rings (SSSR count). The summed E-state index contributed by atoms with van der Waals surface area (Å²) in [6.45, 7) is 2.21. The van der Waals surface area contributed by atoms with Crippen molar-refractivity contribution in [2.75, 3.05) is 20.3 Å². The fourth-order valence-electron chi connectivity index (χ4n) is 2.77. The first-order valence-corrected chi connectivity index (χ1v) is 9.11. The van der Waals surface area contributed by atoms with Gasteiger partial charge in [0.2, 0.25) is 5.43 Å². The van der Waals surface area contributed by atoms with Crippen molar-refractivity contribution >= 4 is 16.9 Å². The largest absolute Gasteiger partial charge is 0.496 e. The summed E-state index contributed by atoms with van der Waals surface area (Å²) in [6, 6.07) is 12.1. The number of para-hydroxylation sites is 1. The van der Waals surface area contributed by atoms with Crippen LogP contribution in [0.3, 0.4) is 0 Å². The zero-order chi connectivity index (χ0) is 19.9. The number of carbonyl (C=O) groups excluding carboxylic acids is 1. The van der Waals surface area contributed by atoms with Gasteiger partial charge in [0.1, 0.15) is 23.3 Å². The Morgan fingerprint density at radius 3 is 2.71 bits per heavy atom. The number of ether oxygens (including phenoxy) is 3. The van der Waals surface area contributed by atoms with E-state index in [1.54, 1.807) is 37.4 Å². The molecule has 6 heteroatoms. The summed E-state index contributed by atoms with van der Waals surface area (Å²) >= 11 is 0. The van der Waals surface area contributed by atoms with E-state index < -0.39 is 5.97 Å². The molecular formula is C22H22O6. The number of benzene rings is 2. The highest BCUT2D eigenvalue weighted by Gasteiger charge is 2.14. The van der Waals surface area contributed by atoms with Crippen LogP contribution in [-0.4, -0.2) is 26.3 Å². The van der Waals surface area contributed by atoms with E-state index in [4.69, 9.17) is 18.6 Å². The minimum atomic E-state index is -0.429. The Hall–Kier alpha value is -3.28. The van der Waals surface area contributed by atoms with Crippen LogP contribution in [-0.2, 0) is 9.53 Å². The monoisotopic (exact) mass is 382 g/mol. The topological polar surface area (TPSA) is 75.0 Å². The SMILES string of the molecule is CCCCOC(=O)COc1ccc2c(=O)c(-c3ccccc3OC)coc2c1. The molecule has 0 unspecified atom stereocenters. The van der Waals surface area contributed by atoms with Crippen LogP contribution in [0.1, 0.15) is 19.8 Å². The van der Waals surface area contributed by atoms with E-state index in [1.807, 2.05) is 19.1 Å². The number of rotatable bonds is 8. The molecule has 0 N–H and O–H groups in total. The van der Waals surface area contributed by atoms with Crippen molar-refractivity contribution in [1.29, 1.82) is 0 Å². The smallest absolute Gasteiger partial charge is 0.344 e. The number of hydrogen-bond donors (Lipinski definition) is 0. The van der Waals surface area contributed by atoms with Crippen molar-refractivity contribution in [3.05, 3.63) is 59.0 Å². The maximum atomic E-state index is 12.9. The van der Waals surface area contributed by atoms with Crippen LogP contribution in [0.4, 0.5) is 0 Å². The van der Waals surface area contributed by atoms with E-state index in [0.717, 1.165) is 12.8 Å². The van der Waals surface area contributed by atoms with Crippen molar-refractivity contribution in [2.24, 2.45) is 0 Å². The molecule has 0 aliphatic heterocycles. The molecule has 28 heavy (non-hydrogen) atoms. The molecule has 0 amide bonds. The molecule has 0 aliphatic rings. The number of hydrogen-bond acceptors (Lipinski definition) is 6. The molecule has 6 nitrogen and oxygen atoms in total. The quantitative estimate of drug-likeness (QED) is 0.430. The van der Waals surface area contributed by atoms with Crippen molar-refractivity contribution in [2.45, 2.75) is 19.8 Å². The molecule has 0 aliphatic carbocycles. The van der Waals surface area contributed by atoms with Crippen LogP contribution >= 0.6 is 0 Å². The lowest BCUT2D eigenvalue weighted by Crippen LogP contribution is -2.15. The summed E-state index contributed by atoms with van der Waals surface area (Å²) in [5.41, 5.74) is 1.28. The lowest BCUT2D eigenvalue weighted by Gasteiger charge is -2.09. The number of esters is 1. The number of fused-ring (bicyclic) bond motifs is 1. The minimum Gasteiger partial charge on any atom is -0.496 e. The summed E-state index contributed by atoms with van der Waals surface area (Å²) in [4.78, 5) is 24.5. The van der Waals surface area contributed by atoms with E-state index in [-0.39, 0.29) is 12.0 Å². The van der Waals surface area contributed by atoms with Crippen LogP contribution in [0.25, 0.3) is 22.1 Å². The van der Waals surface area contributed by atoms with Crippen LogP contribution < -0.4 is 14.9 Å². The van der Waals surface area contributed by atoms with E-state index >= 15 is 0 Å². The van der Waals surface area contributed by atoms with Gasteiger partial charge in [-0.1, -0.05) is 31.5 Å². The second-order valence-electron chi connectivity index (χ2n) is 6.20. The van der Waals surface area contributed by atoms with E-state index in [2.05, 4.69) is 0 Å². The zero-order valence-corrected chi connectivity index (χ0v) is 15.9. The first kappa shape index (κ1) is 19.5. The molecule has 1 heterocycles. The van der Waals surface area contributed by atoms with Gasteiger partial charge < -0.3 is 18.6 Å². The molecule has 3 aromatic rings. The Morgan fingerprint density at radius 2 is 1.93 bits per heavy atom.